The summed E-state index contributed by atoms with van der Waals surface area (Å²) in [4.78, 5) is 19.5. The fraction of sp³-hybridized carbons (Fsp3) is 0.200. The molecule has 1 N–H and O–H groups in total. The van der Waals surface area contributed by atoms with E-state index in [1.807, 2.05) is 60.5 Å². The fourth-order valence-corrected chi connectivity index (χ4v) is 3.41. The lowest BCUT2D eigenvalue weighted by Crippen LogP contribution is -2.29. The molecule has 4 heteroatoms. The zero-order valence-corrected chi connectivity index (χ0v) is 13.6. The summed E-state index contributed by atoms with van der Waals surface area (Å²) < 4.78 is 0. The largest absolute Gasteiger partial charge is 0.368 e. The quantitative estimate of drug-likeness (QED) is 0.925. The first-order valence-corrected chi connectivity index (χ1v) is 8.17. The van der Waals surface area contributed by atoms with Gasteiger partial charge in [0.1, 0.15) is 5.70 Å². The summed E-state index contributed by atoms with van der Waals surface area (Å²) in [6.45, 7) is 1.42. The second kappa shape index (κ2) is 5.96. The Hall–Kier alpha value is -2.88. The third-order valence-corrected chi connectivity index (χ3v) is 4.56. The van der Waals surface area contributed by atoms with Crippen molar-refractivity contribution < 1.29 is 4.79 Å². The summed E-state index contributed by atoms with van der Waals surface area (Å²) in [5.74, 6) is -0.0214. The standard InChI is InChI=1S/C20H19N3O/c1-23-13-12-21-17(14-8-4-2-5-9-14)16-18(22-20(24)19(16)23)15-10-6-3-7-11-15/h2-11,18H,12-13H2,1H3,(H,22,24). The number of benzene rings is 2. The van der Waals surface area contributed by atoms with Gasteiger partial charge in [-0.2, -0.15) is 0 Å². The normalized spacial score (nSPS) is 20.4. The third-order valence-electron chi connectivity index (χ3n) is 4.56. The van der Waals surface area contributed by atoms with Gasteiger partial charge in [0, 0.05) is 24.7 Å². The Morgan fingerprint density at radius 1 is 1.04 bits per heavy atom. The number of carbonyl (C=O) groups excluding carboxylic acids is 1. The van der Waals surface area contributed by atoms with Gasteiger partial charge in [0.25, 0.3) is 5.91 Å². The van der Waals surface area contributed by atoms with Crippen LogP contribution < -0.4 is 5.32 Å². The molecular weight excluding hydrogens is 298 g/mol. The van der Waals surface area contributed by atoms with E-state index in [0.29, 0.717) is 6.54 Å². The molecule has 2 aromatic rings. The third kappa shape index (κ3) is 2.40. The Morgan fingerprint density at radius 3 is 2.42 bits per heavy atom. The highest BCUT2D eigenvalue weighted by atomic mass is 16.2. The SMILES string of the molecule is CN1CCN=C(c2ccccc2)C2=C1C(=O)NC2c1ccccc1. The number of amides is 1. The topological polar surface area (TPSA) is 44.7 Å². The summed E-state index contributed by atoms with van der Waals surface area (Å²) in [6, 6.07) is 20.0. The molecule has 4 rings (SSSR count). The zero-order valence-electron chi connectivity index (χ0n) is 13.6. The zero-order chi connectivity index (χ0) is 16.5. The number of aliphatic imine (C=N–C) groups is 1. The highest BCUT2D eigenvalue weighted by Crippen LogP contribution is 2.35. The molecular formula is C20H19N3O. The average Bonchev–Trinajstić information content (AvgIpc) is 2.86. The summed E-state index contributed by atoms with van der Waals surface area (Å²) >= 11 is 0. The van der Waals surface area contributed by atoms with E-state index in [1.54, 1.807) is 0 Å². The molecule has 0 fully saturated rings. The molecule has 2 heterocycles. The van der Waals surface area contributed by atoms with Crippen LogP contribution in [0.15, 0.2) is 76.9 Å². The lowest BCUT2D eigenvalue weighted by atomic mass is 9.92. The second-order valence-electron chi connectivity index (χ2n) is 6.10. The van der Waals surface area contributed by atoms with Crippen LogP contribution in [0.3, 0.4) is 0 Å². The van der Waals surface area contributed by atoms with Gasteiger partial charge in [-0.05, 0) is 5.56 Å². The Balaban J connectivity index is 1.90. The van der Waals surface area contributed by atoms with Crippen LogP contribution in [0.25, 0.3) is 0 Å². The van der Waals surface area contributed by atoms with Crippen LogP contribution in [0.5, 0.6) is 0 Å². The van der Waals surface area contributed by atoms with Crippen molar-refractivity contribution in [2.24, 2.45) is 4.99 Å². The van der Waals surface area contributed by atoms with Gasteiger partial charge in [-0.3, -0.25) is 9.79 Å². The van der Waals surface area contributed by atoms with Gasteiger partial charge < -0.3 is 10.2 Å². The Bertz CT molecular complexity index is 824. The maximum atomic E-state index is 12.7. The minimum Gasteiger partial charge on any atom is -0.368 e. The van der Waals surface area contributed by atoms with E-state index in [0.717, 1.165) is 34.7 Å². The van der Waals surface area contributed by atoms with E-state index in [2.05, 4.69) is 17.4 Å². The van der Waals surface area contributed by atoms with Crippen LogP contribution in [0.1, 0.15) is 17.2 Å². The first kappa shape index (κ1) is 14.7. The van der Waals surface area contributed by atoms with Crippen molar-refractivity contribution in [2.45, 2.75) is 6.04 Å². The van der Waals surface area contributed by atoms with Gasteiger partial charge in [0.05, 0.1) is 18.3 Å². The predicted octanol–water partition coefficient (Wildman–Crippen LogP) is 2.55. The fourth-order valence-electron chi connectivity index (χ4n) is 3.41. The van der Waals surface area contributed by atoms with Crippen LogP contribution in [-0.2, 0) is 4.79 Å². The van der Waals surface area contributed by atoms with Crippen LogP contribution in [0.2, 0.25) is 0 Å². The molecule has 2 aliphatic heterocycles. The number of carbonyl (C=O) groups is 1. The van der Waals surface area contributed by atoms with Crippen LogP contribution in [0.4, 0.5) is 0 Å². The van der Waals surface area contributed by atoms with Crippen molar-refractivity contribution in [3.63, 3.8) is 0 Å². The van der Waals surface area contributed by atoms with E-state index >= 15 is 0 Å². The Morgan fingerprint density at radius 2 is 1.71 bits per heavy atom. The van der Waals surface area contributed by atoms with Crippen LogP contribution >= 0.6 is 0 Å². The van der Waals surface area contributed by atoms with Gasteiger partial charge in [-0.25, -0.2) is 0 Å². The molecule has 0 spiro atoms. The molecule has 120 valence electrons. The van der Waals surface area contributed by atoms with Crippen molar-refractivity contribution in [3.8, 4) is 0 Å². The number of rotatable bonds is 2. The highest BCUT2D eigenvalue weighted by molar-refractivity contribution is 6.19. The van der Waals surface area contributed by atoms with Crippen molar-refractivity contribution in [3.05, 3.63) is 83.1 Å². The van der Waals surface area contributed by atoms with Crippen LogP contribution in [0, 0.1) is 0 Å². The van der Waals surface area contributed by atoms with Gasteiger partial charge in [0.2, 0.25) is 0 Å². The predicted molar refractivity (Wildman–Crippen MR) is 94.8 cm³/mol. The van der Waals surface area contributed by atoms with E-state index in [4.69, 9.17) is 4.99 Å². The molecule has 0 saturated carbocycles. The number of likely N-dealkylation sites (N-methyl/N-ethyl adjacent to an activating group) is 1. The van der Waals surface area contributed by atoms with Crippen molar-refractivity contribution in [1.29, 1.82) is 0 Å². The highest BCUT2D eigenvalue weighted by Gasteiger charge is 2.38. The lowest BCUT2D eigenvalue weighted by molar-refractivity contribution is -0.118. The maximum Gasteiger partial charge on any atom is 0.268 e. The minimum atomic E-state index is -0.159. The molecule has 2 aromatic carbocycles. The van der Waals surface area contributed by atoms with Gasteiger partial charge >= 0.3 is 0 Å². The summed E-state index contributed by atoms with van der Waals surface area (Å²) in [6.07, 6.45) is 0. The first-order chi connectivity index (χ1) is 11.8. The van der Waals surface area contributed by atoms with E-state index in [1.165, 1.54) is 0 Å². The summed E-state index contributed by atoms with van der Waals surface area (Å²) in [5.41, 5.74) is 4.77. The number of hydrogen-bond acceptors (Lipinski definition) is 3. The monoisotopic (exact) mass is 317 g/mol. The molecule has 4 nitrogen and oxygen atoms in total. The number of nitrogens with zero attached hydrogens (tertiary/aromatic N) is 2. The summed E-state index contributed by atoms with van der Waals surface area (Å²) in [5, 5.41) is 3.13. The van der Waals surface area contributed by atoms with Gasteiger partial charge in [-0.1, -0.05) is 60.7 Å². The molecule has 1 atom stereocenters. The van der Waals surface area contributed by atoms with E-state index < -0.39 is 0 Å². The minimum absolute atomic E-state index is 0.0214. The molecule has 1 unspecified atom stereocenters. The number of hydrogen-bond donors (Lipinski definition) is 1. The molecule has 24 heavy (non-hydrogen) atoms. The first-order valence-electron chi connectivity index (χ1n) is 8.17. The van der Waals surface area contributed by atoms with E-state index in [9.17, 15) is 4.79 Å². The number of nitrogens with one attached hydrogen (secondary N) is 1. The van der Waals surface area contributed by atoms with Crippen molar-refractivity contribution in [2.75, 3.05) is 20.1 Å². The second-order valence-corrected chi connectivity index (χ2v) is 6.10. The smallest absolute Gasteiger partial charge is 0.268 e. The van der Waals surface area contributed by atoms with Crippen LogP contribution in [-0.4, -0.2) is 36.7 Å². The van der Waals surface area contributed by atoms with Crippen molar-refractivity contribution in [1.82, 2.24) is 10.2 Å². The summed E-state index contributed by atoms with van der Waals surface area (Å²) in [7, 11) is 1.96. The molecule has 1 amide bonds. The van der Waals surface area contributed by atoms with Gasteiger partial charge in [-0.15, -0.1) is 0 Å². The molecule has 0 aromatic heterocycles. The molecule has 0 saturated heterocycles. The Kier molecular flexibility index (Phi) is 3.65. The van der Waals surface area contributed by atoms with Crippen molar-refractivity contribution >= 4 is 11.6 Å². The lowest BCUT2D eigenvalue weighted by Gasteiger charge is -2.18. The van der Waals surface area contributed by atoms with Gasteiger partial charge in [0.15, 0.2) is 0 Å². The molecule has 0 radical (unpaired) electrons. The molecule has 0 bridgehead atoms. The van der Waals surface area contributed by atoms with E-state index in [-0.39, 0.29) is 11.9 Å². The average molecular weight is 317 g/mol. The molecule has 2 aliphatic rings. The Labute approximate surface area is 141 Å². The maximum absolute atomic E-state index is 12.7. The molecule has 0 aliphatic carbocycles.